The van der Waals surface area contributed by atoms with Crippen LogP contribution in [0, 0.1) is 0 Å². The number of nitrogens with one attached hydrogen (secondary N) is 1. The van der Waals surface area contributed by atoms with E-state index in [1.54, 1.807) is 0 Å². The van der Waals surface area contributed by atoms with Gasteiger partial charge in [-0.25, -0.2) is 4.98 Å². The summed E-state index contributed by atoms with van der Waals surface area (Å²) in [5.41, 5.74) is 8.25. The fraction of sp³-hybridized carbons (Fsp3) is 0.364. The lowest BCUT2D eigenvalue weighted by Crippen LogP contribution is -2.07. The molecule has 0 aliphatic rings. The van der Waals surface area contributed by atoms with Crippen LogP contribution in [0.1, 0.15) is 13.3 Å². The molecule has 4 N–H and O–H groups in total. The second-order valence-electron chi connectivity index (χ2n) is 3.69. The Morgan fingerprint density at radius 3 is 3.12 bits per heavy atom. The number of benzene rings is 1. The maximum absolute atomic E-state index is 9.46. The number of fused-ring (bicyclic) bond motifs is 1. The van der Waals surface area contributed by atoms with Crippen molar-refractivity contribution in [3.8, 4) is 0 Å². The number of aromatic nitrogens is 2. The molecule has 16 heavy (non-hydrogen) atoms. The molecule has 1 heterocycles. The fourth-order valence-corrected chi connectivity index (χ4v) is 2.30. The van der Waals surface area contributed by atoms with Crippen LogP contribution in [-0.2, 0) is 0 Å². The number of H-pyrrole nitrogens is 1. The molecule has 0 saturated heterocycles. The highest BCUT2D eigenvalue weighted by atomic mass is 32.2. The molecule has 0 radical (unpaired) electrons. The molecule has 0 saturated carbocycles. The van der Waals surface area contributed by atoms with Crippen LogP contribution in [-0.4, -0.2) is 26.9 Å². The predicted octanol–water partition coefficient (Wildman–Crippen LogP) is 2.01. The first-order chi connectivity index (χ1) is 7.69. The lowest BCUT2D eigenvalue weighted by atomic mass is 10.3. The smallest absolute Gasteiger partial charge is 0.166 e. The average Bonchev–Trinajstić information content (AvgIpc) is 2.67. The molecule has 86 valence electrons. The Kier molecular flexibility index (Phi) is 3.36. The molecule has 2 aromatic rings. The van der Waals surface area contributed by atoms with Gasteiger partial charge in [-0.2, -0.15) is 0 Å². The normalized spacial score (nSPS) is 13.1. The van der Waals surface area contributed by atoms with Gasteiger partial charge >= 0.3 is 0 Å². The van der Waals surface area contributed by atoms with Gasteiger partial charge in [0.25, 0.3) is 0 Å². The van der Waals surface area contributed by atoms with Gasteiger partial charge < -0.3 is 15.8 Å². The summed E-state index contributed by atoms with van der Waals surface area (Å²) in [7, 11) is 0. The summed E-state index contributed by atoms with van der Waals surface area (Å²) in [5, 5.41) is 10.3. The number of imidazole rings is 1. The largest absolute Gasteiger partial charge is 0.399 e. The van der Waals surface area contributed by atoms with Gasteiger partial charge in [-0.3, -0.25) is 0 Å². The van der Waals surface area contributed by atoms with E-state index in [9.17, 15) is 5.11 Å². The van der Waals surface area contributed by atoms with Gasteiger partial charge in [0.05, 0.1) is 17.1 Å². The van der Waals surface area contributed by atoms with Crippen LogP contribution in [0.2, 0.25) is 0 Å². The van der Waals surface area contributed by atoms with E-state index in [4.69, 9.17) is 5.73 Å². The van der Waals surface area contributed by atoms with E-state index in [1.165, 1.54) is 11.8 Å². The SMILES string of the molecule is CCC(O)CSc1nc2ccc(N)cc2[nH]1. The summed E-state index contributed by atoms with van der Waals surface area (Å²) in [6, 6.07) is 5.59. The first-order valence-electron chi connectivity index (χ1n) is 5.25. The predicted molar refractivity (Wildman–Crippen MR) is 67.5 cm³/mol. The third-order valence-electron chi connectivity index (χ3n) is 2.37. The van der Waals surface area contributed by atoms with Crippen LogP contribution in [0.4, 0.5) is 5.69 Å². The molecule has 1 unspecified atom stereocenters. The van der Waals surface area contributed by atoms with E-state index in [2.05, 4.69) is 9.97 Å². The highest BCUT2D eigenvalue weighted by Gasteiger charge is 2.06. The van der Waals surface area contributed by atoms with Crippen LogP contribution < -0.4 is 5.73 Å². The second-order valence-corrected chi connectivity index (χ2v) is 4.70. The van der Waals surface area contributed by atoms with Crippen molar-refractivity contribution in [3.63, 3.8) is 0 Å². The first kappa shape index (κ1) is 11.3. The van der Waals surface area contributed by atoms with Gasteiger partial charge in [-0.15, -0.1) is 0 Å². The van der Waals surface area contributed by atoms with Crippen molar-refractivity contribution in [2.45, 2.75) is 24.6 Å². The maximum atomic E-state index is 9.46. The number of nitrogen functional groups attached to an aromatic ring is 1. The van der Waals surface area contributed by atoms with E-state index >= 15 is 0 Å². The van der Waals surface area contributed by atoms with E-state index in [0.29, 0.717) is 5.75 Å². The van der Waals surface area contributed by atoms with Crippen LogP contribution in [0.3, 0.4) is 0 Å². The zero-order valence-corrected chi connectivity index (χ0v) is 9.92. The Labute approximate surface area is 98.3 Å². The zero-order valence-electron chi connectivity index (χ0n) is 9.10. The van der Waals surface area contributed by atoms with Crippen LogP contribution in [0.25, 0.3) is 11.0 Å². The van der Waals surface area contributed by atoms with Crippen LogP contribution in [0.15, 0.2) is 23.4 Å². The number of aromatic amines is 1. The number of anilines is 1. The lowest BCUT2D eigenvalue weighted by Gasteiger charge is -2.03. The lowest BCUT2D eigenvalue weighted by molar-refractivity contribution is 0.195. The molecule has 0 spiro atoms. The van der Waals surface area contributed by atoms with E-state index in [-0.39, 0.29) is 6.10 Å². The van der Waals surface area contributed by atoms with Crippen molar-refractivity contribution in [1.82, 2.24) is 9.97 Å². The molecule has 4 nitrogen and oxygen atoms in total. The molecule has 2 rings (SSSR count). The molecular weight excluding hydrogens is 222 g/mol. The number of hydrogen-bond donors (Lipinski definition) is 3. The third-order valence-corrected chi connectivity index (χ3v) is 3.39. The quantitative estimate of drug-likeness (QED) is 0.561. The molecule has 0 fully saturated rings. The number of aliphatic hydroxyl groups is 1. The summed E-state index contributed by atoms with van der Waals surface area (Å²) >= 11 is 1.53. The zero-order chi connectivity index (χ0) is 11.5. The number of aliphatic hydroxyl groups excluding tert-OH is 1. The van der Waals surface area contributed by atoms with Gasteiger partial charge in [-0.05, 0) is 24.6 Å². The van der Waals surface area contributed by atoms with Gasteiger partial charge in [0, 0.05) is 11.4 Å². The van der Waals surface area contributed by atoms with Crippen molar-refractivity contribution in [1.29, 1.82) is 0 Å². The summed E-state index contributed by atoms with van der Waals surface area (Å²) < 4.78 is 0. The Balaban J connectivity index is 2.13. The Morgan fingerprint density at radius 2 is 2.38 bits per heavy atom. The van der Waals surface area contributed by atoms with Gasteiger partial charge in [0.2, 0.25) is 0 Å². The highest BCUT2D eigenvalue weighted by Crippen LogP contribution is 2.21. The van der Waals surface area contributed by atoms with Crippen LogP contribution in [0.5, 0.6) is 0 Å². The van der Waals surface area contributed by atoms with E-state index in [0.717, 1.165) is 28.3 Å². The third kappa shape index (κ3) is 2.48. The molecule has 0 aliphatic heterocycles. The minimum Gasteiger partial charge on any atom is -0.399 e. The summed E-state index contributed by atoms with van der Waals surface area (Å²) in [4.78, 5) is 7.58. The van der Waals surface area contributed by atoms with Crippen molar-refractivity contribution in [2.24, 2.45) is 0 Å². The van der Waals surface area contributed by atoms with Crippen molar-refractivity contribution in [2.75, 3.05) is 11.5 Å². The Hall–Kier alpha value is -1.20. The minimum absolute atomic E-state index is 0.275. The average molecular weight is 237 g/mol. The molecule has 1 aromatic carbocycles. The Bertz CT molecular complexity index is 483. The molecular formula is C11H15N3OS. The molecule has 0 aliphatic carbocycles. The standard InChI is InChI=1S/C11H15N3OS/c1-2-8(15)6-16-11-13-9-4-3-7(12)5-10(9)14-11/h3-5,8,15H,2,6,12H2,1H3,(H,13,14). The number of rotatable bonds is 4. The highest BCUT2D eigenvalue weighted by molar-refractivity contribution is 7.99. The van der Waals surface area contributed by atoms with Gasteiger partial charge in [0.15, 0.2) is 5.16 Å². The molecule has 1 aromatic heterocycles. The van der Waals surface area contributed by atoms with Gasteiger partial charge in [-0.1, -0.05) is 18.7 Å². The van der Waals surface area contributed by atoms with Crippen molar-refractivity contribution < 1.29 is 5.11 Å². The summed E-state index contributed by atoms with van der Waals surface area (Å²) in [6.07, 6.45) is 0.489. The molecule has 5 heteroatoms. The van der Waals surface area contributed by atoms with Crippen molar-refractivity contribution >= 4 is 28.5 Å². The summed E-state index contributed by atoms with van der Waals surface area (Å²) in [5.74, 6) is 0.659. The second kappa shape index (κ2) is 4.76. The summed E-state index contributed by atoms with van der Waals surface area (Å²) in [6.45, 7) is 1.96. The van der Waals surface area contributed by atoms with Crippen LogP contribution >= 0.6 is 11.8 Å². The van der Waals surface area contributed by atoms with E-state index in [1.807, 2.05) is 25.1 Å². The minimum atomic E-state index is -0.275. The molecule has 0 bridgehead atoms. The van der Waals surface area contributed by atoms with E-state index < -0.39 is 0 Å². The van der Waals surface area contributed by atoms with Crippen molar-refractivity contribution in [3.05, 3.63) is 18.2 Å². The first-order valence-corrected chi connectivity index (χ1v) is 6.23. The molecule has 1 atom stereocenters. The fourth-order valence-electron chi connectivity index (χ4n) is 1.37. The van der Waals surface area contributed by atoms with Gasteiger partial charge in [0.1, 0.15) is 0 Å². The topological polar surface area (TPSA) is 74.9 Å². The number of nitrogens with two attached hydrogens (primary N) is 1. The number of hydrogen-bond acceptors (Lipinski definition) is 4. The number of nitrogens with zero attached hydrogens (tertiary/aromatic N) is 1. The molecule has 0 amide bonds. The maximum Gasteiger partial charge on any atom is 0.166 e. The Morgan fingerprint density at radius 1 is 1.56 bits per heavy atom. The number of thioether (sulfide) groups is 1. The monoisotopic (exact) mass is 237 g/mol.